The summed E-state index contributed by atoms with van der Waals surface area (Å²) in [4.78, 5) is 0. The maximum Gasteiger partial charge on any atom is 0.128 e. The van der Waals surface area contributed by atoms with Crippen molar-refractivity contribution in [3.63, 3.8) is 0 Å². The van der Waals surface area contributed by atoms with Crippen LogP contribution in [0.1, 0.15) is 36.5 Å². The van der Waals surface area contributed by atoms with Crippen LogP contribution in [0.4, 0.5) is 0 Å². The van der Waals surface area contributed by atoms with Crippen molar-refractivity contribution >= 4 is 18.4 Å². The Balaban J connectivity index is 1.77. The Morgan fingerprint density at radius 1 is 0.708 bits per heavy atom. The van der Waals surface area contributed by atoms with E-state index >= 15 is 0 Å². The molecule has 24 heavy (non-hydrogen) atoms. The van der Waals surface area contributed by atoms with Gasteiger partial charge in [-0.3, -0.25) is 0 Å². The maximum atomic E-state index is 2.48. The molecular formula is C23H22Si. The highest BCUT2D eigenvalue weighted by molar-refractivity contribution is 7.05. The van der Waals surface area contributed by atoms with Crippen LogP contribution in [0.2, 0.25) is 0 Å². The van der Waals surface area contributed by atoms with Gasteiger partial charge >= 0.3 is 0 Å². The number of fused-ring (bicyclic) bond motifs is 6. The lowest BCUT2D eigenvalue weighted by atomic mass is 9.97. The molecule has 0 aromatic heterocycles. The van der Waals surface area contributed by atoms with Gasteiger partial charge in [0, 0.05) is 0 Å². The van der Waals surface area contributed by atoms with Crippen LogP contribution in [0.15, 0.2) is 66.7 Å². The van der Waals surface area contributed by atoms with Crippen LogP contribution >= 0.6 is 0 Å². The molecule has 118 valence electrons. The topological polar surface area (TPSA) is 0 Å². The van der Waals surface area contributed by atoms with E-state index in [4.69, 9.17) is 0 Å². The first-order valence-corrected chi connectivity index (χ1v) is 11.4. The fraction of sp³-hybridized carbons (Fsp3) is 0.217. The standard InChI is InChI=1S/C23H22Si/c1-16(2)17-11-12-23-21(13-17)20-9-5-6-10-22(20)24(23)14-18-7-3-4-8-19(18)15-24/h3-13,16H,14-15H2,1-2H3. The molecule has 1 spiro atoms. The highest BCUT2D eigenvalue weighted by Gasteiger charge is 2.48. The summed E-state index contributed by atoms with van der Waals surface area (Å²) in [5.41, 5.74) is 7.66. The SMILES string of the molecule is CC(C)c1ccc2c(c1)-c1ccccc1[Si]21Cc2ccccc2C1. The smallest absolute Gasteiger partial charge is 0.0623 e. The predicted molar refractivity (Wildman–Crippen MR) is 105 cm³/mol. The molecule has 0 aliphatic carbocycles. The van der Waals surface area contributed by atoms with E-state index in [0.29, 0.717) is 5.92 Å². The lowest BCUT2D eigenvalue weighted by Crippen LogP contribution is -2.57. The Bertz CT molecular complexity index is 927. The Kier molecular flexibility index (Phi) is 2.93. The quantitative estimate of drug-likeness (QED) is 0.587. The van der Waals surface area contributed by atoms with Crippen LogP contribution in [0.25, 0.3) is 11.1 Å². The molecule has 0 fully saturated rings. The Morgan fingerprint density at radius 2 is 1.33 bits per heavy atom. The number of rotatable bonds is 1. The van der Waals surface area contributed by atoms with E-state index in [-0.39, 0.29) is 0 Å². The fourth-order valence-electron chi connectivity index (χ4n) is 4.84. The highest BCUT2D eigenvalue weighted by atomic mass is 28.3. The van der Waals surface area contributed by atoms with Crippen molar-refractivity contribution in [3.05, 3.63) is 83.4 Å². The lowest BCUT2D eigenvalue weighted by molar-refractivity contribution is 0.868. The van der Waals surface area contributed by atoms with Crippen molar-refractivity contribution in [2.24, 2.45) is 0 Å². The zero-order valence-electron chi connectivity index (χ0n) is 14.3. The molecule has 0 unspecified atom stereocenters. The molecule has 0 saturated carbocycles. The van der Waals surface area contributed by atoms with E-state index in [9.17, 15) is 0 Å². The zero-order valence-corrected chi connectivity index (χ0v) is 15.3. The van der Waals surface area contributed by atoms with Gasteiger partial charge in [-0.2, -0.15) is 0 Å². The number of hydrogen-bond acceptors (Lipinski definition) is 0. The first-order chi connectivity index (χ1) is 11.7. The van der Waals surface area contributed by atoms with E-state index < -0.39 is 8.07 Å². The van der Waals surface area contributed by atoms with E-state index in [2.05, 4.69) is 80.6 Å². The summed E-state index contributed by atoms with van der Waals surface area (Å²) in [5, 5.41) is 3.33. The summed E-state index contributed by atoms with van der Waals surface area (Å²) in [6.45, 7) is 4.59. The van der Waals surface area contributed by atoms with Crippen molar-refractivity contribution in [2.75, 3.05) is 0 Å². The molecule has 0 saturated heterocycles. The predicted octanol–water partition coefficient (Wildman–Crippen LogP) is 4.23. The van der Waals surface area contributed by atoms with E-state index in [1.807, 2.05) is 0 Å². The van der Waals surface area contributed by atoms with Gasteiger partial charge in [-0.1, -0.05) is 80.6 Å². The molecule has 3 aromatic carbocycles. The molecule has 1 heteroatoms. The van der Waals surface area contributed by atoms with E-state index in [1.165, 1.54) is 28.8 Å². The largest absolute Gasteiger partial charge is 0.128 e. The van der Waals surface area contributed by atoms with Gasteiger partial charge in [-0.25, -0.2) is 0 Å². The van der Waals surface area contributed by atoms with Gasteiger partial charge in [0.1, 0.15) is 8.07 Å². The summed E-state index contributed by atoms with van der Waals surface area (Å²) in [7, 11) is -1.67. The zero-order chi connectivity index (χ0) is 16.3. The Morgan fingerprint density at radius 3 is 2.04 bits per heavy atom. The molecular weight excluding hydrogens is 304 g/mol. The molecule has 0 atom stereocenters. The van der Waals surface area contributed by atoms with Crippen molar-refractivity contribution in [1.82, 2.24) is 0 Å². The van der Waals surface area contributed by atoms with Gasteiger partial charge < -0.3 is 0 Å². The van der Waals surface area contributed by atoms with Gasteiger partial charge in [0.05, 0.1) is 0 Å². The Hall–Kier alpha value is -2.12. The van der Waals surface area contributed by atoms with Crippen molar-refractivity contribution in [1.29, 1.82) is 0 Å². The Labute approximate surface area is 145 Å². The summed E-state index contributed by atoms with van der Waals surface area (Å²) < 4.78 is 0. The molecule has 2 aliphatic heterocycles. The van der Waals surface area contributed by atoms with E-state index in [0.717, 1.165) is 0 Å². The first-order valence-electron chi connectivity index (χ1n) is 9.00. The third kappa shape index (κ3) is 1.79. The second kappa shape index (κ2) is 4.94. The van der Waals surface area contributed by atoms with Gasteiger partial charge in [-0.15, -0.1) is 0 Å². The average molecular weight is 327 g/mol. The second-order valence-corrected chi connectivity index (χ2v) is 11.7. The van der Waals surface area contributed by atoms with Crippen molar-refractivity contribution < 1.29 is 0 Å². The normalized spacial score (nSPS) is 16.3. The number of hydrogen-bond donors (Lipinski definition) is 0. The minimum absolute atomic E-state index is 0.585. The monoisotopic (exact) mass is 326 g/mol. The molecule has 2 aliphatic rings. The molecule has 0 amide bonds. The van der Waals surface area contributed by atoms with Gasteiger partial charge in [-0.05, 0) is 56.2 Å². The van der Waals surface area contributed by atoms with Crippen LogP contribution < -0.4 is 10.4 Å². The highest BCUT2D eigenvalue weighted by Crippen LogP contribution is 2.37. The minimum Gasteiger partial charge on any atom is -0.0623 e. The first kappa shape index (κ1) is 14.2. The van der Waals surface area contributed by atoms with Crippen LogP contribution in [-0.4, -0.2) is 8.07 Å². The van der Waals surface area contributed by atoms with Crippen molar-refractivity contribution in [2.45, 2.75) is 31.9 Å². The molecule has 0 bridgehead atoms. The molecule has 5 rings (SSSR count). The van der Waals surface area contributed by atoms with Gasteiger partial charge in [0.2, 0.25) is 0 Å². The summed E-state index contributed by atoms with van der Waals surface area (Å²) in [5.74, 6) is 0.585. The third-order valence-corrected chi connectivity index (χ3v) is 11.0. The van der Waals surface area contributed by atoms with Crippen LogP contribution in [0.3, 0.4) is 0 Å². The fourth-order valence-corrected chi connectivity index (χ4v) is 10.3. The average Bonchev–Trinajstić information content (AvgIpc) is 3.12. The van der Waals surface area contributed by atoms with Crippen LogP contribution in [0.5, 0.6) is 0 Å². The molecule has 0 N–H and O–H groups in total. The molecule has 3 aromatic rings. The van der Waals surface area contributed by atoms with Gasteiger partial charge in [0.25, 0.3) is 0 Å². The van der Waals surface area contributed by atoms with Crippen molar-refractivity contribution in [3.8, 4) is 11.1 Å². The van der Waals surface area contributed by atoms with Gasteiger partial charge in [0.15, 0.2) is 0 Å². The lowest BCUT2D eigenvalue weighted by Gasteiger charge is -2.24. The second-order valence-electron chi connectivity index (χ2n) is 7.71. The third-order valence-electron chi connectivity index (χ3n) is 6.06. The minimum atomic E-state index is -1.67. The summed E-state index contributed by atoms with van der Waals surface area (Å²) in [6.07, 6.45) is 0. The molecule has 2 heterocycles. The molecule has 0 radical (unpaired) electrons. The number of benzene rings is 3. The van der Waals surface area contributed by atoms with E-state index in [1.54, 1.807) is 21.5 Å². The van der Waals surface area contributed by atoms with Crippen LogP contribution in [-0.2, 0) is 12.1 Å². The molecule has 0 nitrogen and oxygen atoms in total. The summed E-state index contributed by atoms with van der Waals surface area (Å²) in [6, 6.07) is 28.2. The summed E-state index contributed by atoms with van der Waals surface area (Å²) >= 11 is 0. The maximum absolute atomic E-state index is 2.48. The van der Waals surface area contributed by atoms with Crippen LogP contribution in [0, 0.1) is 0 Å².